The van der Waals surface area contributed by atoms with Gasteiger partial charge in [0.25, 0.3) is 0 Å². The summed E-state index contributed by atoms with van der Waals surface area (Å²) in [6.45, 7) is 2.56. The molecule has 1 atom stereocenters. The number of carbonyl (C=O) groups excluding carboxylic acids is 1. The first-order chi connectivity index (χ1) is 9.74. The second-order valence-corrected chi connectivity index (χ2v) is 6.02. The third-order valence-electron chi connectivity index (χ3n) is 3.98. The van der Waals surface area contributed by atoms with E-state index in [1.165, 1.54) is 0 Å². The number of ketones is 1. The summed E-state index contributed by atoms with van der Waals surface area (Å²) in [7, 11) is 0. The minimum absolute atomic E-state index is 0.195. The average Bonchev–Trinajstić information content (AvgIpc) is 3.16. The molecule has 2 heterocycles. The SMILES string of the molecule is O=C(c1cnc(Cl)cc1NCCC1CCOC1)C1CC1. The normalized spacial score (nSPS) is 21.9. The van der Waals surface area contributed by atoms with Crippen LogP contribution in [0.3, 0.4) is 0 Å². The number of pyridine rings is 1. The van der Waals surface area contributed by atoms with E-state index in [0.29, 0.717) is 16.6 Å². The third-order valence-corrected chi connectivity index (χ3v) is 4.18. The minimum Gasteiger partial charge on any atom is -0.384 e. The van der Waals surface area contributed by atoms with Gasteiger partial charge >= 0.3 is 0 Å². The van der Waals surface area contributed by atoms with Crippen LogP contribution in [0.5, 0.6) is 0 Å². The van der Waals surface area contributed by atoms with E-state index in [1.807, 2.05) is 0 Å². The molecule has 20 heavy (non-hydrogen) atoms. The van der Waals surface area contributed by atoms with Gasteiger partial charge in [0.15, 0.2) is 5.78 Å². The molecular formula is C15H19ClN2O2. The smallest absolute Gasteiger partial charge is 0.169 e. The van der Waals surface area contributed by atoms with Crippen molar-refractivity contribution in [1.82, 2.24) is 4.98 Å². The summed E-state index contributed by atoms with van der Waals surface area (Å²) < 4.78 is 5.37. The molecular weight excluding hydrogens is 276 g/mol. The molecule has 1 N–H and O–H groups in total. The number of ether oxygens (including phenoxy) is 1. The van der Waals surface area contributed by atoms with E-state index in [4.69, 9.17) is 16.3 Å². The Morgan fingerprint density at radius 3 is 3.00 bits per heavy atom. The Bertz CT molecular complexity index is 497. The number of carbonyl (C=O) groups is 1. The number of hydrogen-bond acceptors (Lipinski definition) is 4. The molecule has 0 bridgehead atoms. The maximum atomic E-state index is 12.2. The molecule has 2 fully saturated rings. The molecule has 0 aromatic carbocycles. The number of anilines is 1. The van der Waals surface area contributed by atoms with Crippen LogP contribution in [-0.4, -0.2) is 30.5 Å². The van der Waals surface area contributed by atoms with Crippen LogP contribution in [0.4, 0.5) is 5.69 Å². The molecule has 0 amide bonds. The van der Waals surface area contributed by atoms with Crippen molar-refractivity contribution in [2.75, 3.05) is 25.1 Å². The molecule has 108 valence electrons. The summed E-state index contributed by atoms with van der Waals surface area (Å²) in [4.78, 5) is 16.3. The number of aromatic nitrogens is 1. The van der Waals surface area contributed by atoms with Gasteiger partial charge in [-0.2, -0.15) is 0 Å². The van der Waals surface area contributed by atoms with Crippen LogP contribution in [0.25, 0.3) is 0 Å². The molecule has 1 unspecified atom stereocenters. The molecule has 0 radical (unpaired) electrons. The zero-order valence-corrected chi connectivity index (χ0v) is 12.2. The summed E-state index contributed by atoms with van der Waals surface area (Å²) in [6, 6.07) is 1.75. The van der Waals surface area contributed by atoms with E-state index in [1.54, 1.807) is 12.3 Å². The predicted molar refractivity (Wildman–Crippen MR) is 78.3 cm³/mol. The van der Waals surface area contributed by atoms with Gasteiger partial charge in [-0.3, -0.25) is 4.79 Å². The van der Waals surface area contributed by atoms with Crippen molar-refractivity contribution in [3.8, 4) is 0 Å². The van der Waals surface area contributed by atoms with Crippen molar-refractivity contribution in [3.05, 3.63) is 23.0 Å². The van der Waals surface area contributed by atoms with Gasteiger partial charge in [0, 0.05) is 37.6 Å². The van der Waals surface area contributed by atoms with Crippen LogP contribution in [0, 0.1) is 11.8 Å². The van der Waals surface area contributed by atoms with Crippen molar-refractivity contribution >= 4 is 23.1 Å². The van der Waals surface area contributed by atoms with Crippen LogP contribution < -0.4 is 5.32 Å². The summed E-state index contributed by atoms with van der Waals surface area (Å²) in [6.07, 6.45) is 5.79. The Hall–Kier alpha value is -1.13. The van der Waals surface area contributed by atoms with Crippen molar-refractivity contribution in [1.29, 1.82) is 0 Å². The Morgan fingerprint density at radius 1 is 1.45 bits per heavy atom. The highest BCUT2D eigenvalue weighted by atomic mass is 35.5. The molecule has 2 aliphatic rings. The highest BCUT2D eigenvalue weighted by Gasteiger charge is 2.32. The van der Waals surface area contributed by atoms with E-state index in [0.717, 1.165) is 51.1 Å². The third kappa shape index (κ3) is 3.30. The van der Waals surface area contributed by atoms with Gasteiger partial charge in [-0.15, -0.1) is 0 Å². The van der Waals surface area contributed by atoms with Crippen molar-refractivity contribution < 1.29 is 9.53 Å². The number of nitrogens with zero attached hydrogens (tertiary/aromatic N) is 1. The molecule has 1 aliphatic carbocycles. The Kier molecular flexibility index (Phi) is 4.22. The zero-order chi connectivity index (χ0) is 13.9. The first kappa shape index (κ1) is 13.8. The van der Waals surface area contributed by atoms with E-state index in [2.05, 4.69) is 10.3 Å². The molecule has 1 aromatic heterocycles. The predicted octanol–water partition coefficient (Wildman–Crippen LogP) is 3.17. The molecule has 1 aromatic rings. The van der Waals surface area contributed by atoms with Gasteiger partial charge in [0.2, 0.25) is 0 Å². The summed E-state index contributed by atoms with van der Waals surface area (Å²) >= 11 is 5.94. The van der Waals surface area contributed by atoms with Gasteiger partial charge in [-0.05, 0) is 37.7 Å². The first-order valence-electron chi connectivity index (χ1n) is 7.25. The Labute approximate surface area is 123 Å². The van der Waals surface area contributed by atoms with Gasteiger partial charge in [0.05, 0.1) is 5.56 Å². The van der Waals surface area contributed by atoms with E-state index in [-0.39, 0.29) is 11.7 Å². The van der Waals surface area contributed by atoms with Crippen LogP contribution >= 0.6 is 11.6 Å². The van der Waals surface area contributed by atoms with Gasteiger partial charge in [0.1, 0.15) is 5.15 Å². The topological polar surface area (TPSA) is 51.2 Å². The molecule has 1 saturated heterocycles. The molecule has 1 aliphatic heterocycles. The summed E-state index contributed by atoms with van der Waals surface area (Å²) in [5.41, 5.74) is 1.50. The lowest BCUT2D eigenvalue weighted by atomic mass is 10.0. The average molecular weight is 295 g/mol. The first-order valence-corrected chi connectivity index (χ1v) is 7.63. The Balaban J connectivity index is 1.63. The number of Topliss-reactive ketones (excluding diaryl/α,β-unsaturated/α-hetero) is 1. The van der Waals surface area contributed by atoms with Crippen LogP contribution in [0.15, 0.2) is 12.3 Å². The molecule has 0 spiro atoms. The summed E-state index contributed by atoms with van der Waals surface area (Å²) in [5, 5.41) is 3.76. The molecule has 5 heteroatoms. The molecule has 4 nitrogen and oxygen atoms in total. The quantitative estimate of drug-likeness (QED) is 0.647. The fourth-order valence-corrected chi connectivity index (χ4v) is 2.72. The maximum absolute atomic E-state index is 12.2. The van der Waals surface area contributed by atoms with Crippen LogP contribution in [0.2, 0.25) is 5.15 Å². The van der Waals surface area contributed by atoms with Crippen molar-refractivity contribution in [2.45, 2.75) is 25.7 Å². The number of nitrogens with one attached hydrogen (secondary N) is 1. The minimum atomic E-state index is 0.195. The lowest BCUT2D eigenvalue weighted by molar-refractivity contribution is 0.0968. The lowest BCUT2D eigenvalue weighted by Gasteiger charge is -2.13. The van der Waals surface area contributed by atoms with Crippen molar-refractivity contribution in [3.63, 3.8) is 0 Å². The number of rotatable bonds is 6. The highest BCUT2D eigenvalue weighted by Crippen LogP contribution is 2.35. The van der Waals surface area contributed by atoms with E-state index in [9.17, 15) is 4.79 Å². The standard InChI is InChI=1S/C15H19ClN2O2/c16-14-7-13(17-5-3-10-4-6-20-9-10)12(8-18-14)15(19)11-1-2-11/h7-8,10-11H,1-6,9H2,(H,17,18). The molecule has 3 rings (SSSR count). The largest absolute Gasteiger partial charge is 0.384 e. The van der Waals surface area contributed by atoms with Crippen LogP contribution in [-0.2, 0) is 4.74 Å². The maximum Gasteiger partial charge on any atom is 0.169 e. The molecule has 1 saturated carbocycles. The van der Waals surface area contributed by atoms with Crippen LogP contribution in [0.1, 0.15) is 36.0 Å². The Morgan fingerprint density at radius 2 is 2.30 bits per heavy atom. The zero-order valence-electron chi connectivity index (χ0n) is 11.4. The second kappa shape index (κ2) is 6.10. The van der Waals surface area contributed by atoms with Gasteiger partial charge in [-0.1, -0.05) is 11.6 Å². The van der Waals surface area contributed by atoms with Gasteiger partial charge in [-0.25, -0.2) is 4.98 Å². The van der Waals surface area contributed by atoms with E-state index < -0.39 is 0 Å². The number of halogens is 1. The van der Waals surface area contributed by atoms with E-state index >= 15 is 0 Å². The fourth-order valence-electron chi connectivity index (χ4n) is 2.56. The summed E-state index contributed by atoms with van der Waals surface area (Å²) in [5.74, 6) is 1.02. The fraction of sp³-hybridized carbons (Fsp3) is 0.600. The second-order valence-electron chi connectivity index (χ2n) is 5.64. The van der Waals surface area contributed by atoms with Gasteiger partial charge < -0.3 is 10.1 Å². The highest BCUT2D eigenvalue weighted by molar-refractivity contribution is 6.29. The monoisotopic (exact) mass is 294 g/mol. The van der Waals surface area contributed by atoms with Crippen molar-refractivity contribution in [2.24, 2.45) is 11.8 Å². The lowest BCUT2D eigenvalue weighted by Crippen LogP contribution is -2.13. The number of hydrogen-bond donors (Lipinski definition) is 1.